The zero-order chi connectivity index (χ0) is 19.8. The number of anilines is 2. The van der Waals surface area contributed by atoms with Crippen LogP contribution in [-0.2, 0) is 0 Å². The predicted molar refractivity (Wildman–Crippen MR) is 104 cm³/mol. The third-order valence-electron chi connectivity index (χ3n) is 4.35. The Hall–Kier alpha value is -3.56. The van der Waals surface area contributed by atoms with Gasteiger partial charge in [0, 0.05) is 18.9 Å². The van der Waals surface area contributed by atoms with Crippen LogP contribution >= 0.6 is 0 Å². The summed E-state index contributed by atoms with van der Waals surface area (Å²) in [6, 6.07) is 3.19. The van der Waals surface area contributed by atoms with Gasteiger partial charge in [-0.3, -0.25) is 30.7 Å². The van der Waals surface area contributed by atoms with Crippen molar-refractivity contribution in [3.63, 3.8) is 0 Å². The third kappa shape index (κ3) is 5.00. The first kappa shape index (κ1) is 19.2. The first-order valence-corrected chi connectivity index (χ1v) is 9.02. The average Bonchev–Trinajstić information content (AvgIpc) is 2.73. The van der Waals surface area contributed by atoms with Crippen LogP contribution in [0.1, 0.15) is 42.5 Å². The van der Waals surface area contributed by atoms with E-state index < -0.39 is 10.8 Å². The molecule has 1 amide bonds. The highest BCUT2D eigenvalue weighted by Gasteiger charge is 2.23. The van der Waals surface area contributed by atoms with Gasteiger partial charge in [0.05, 0.1) is 10.5 Å². The Kier molecular flexibility index (Phi) is 6.45. The topological polar surface area (TPSA) is 135 Å². The summed E-state index contributed by atoms with van der Waals surface area (Å²) in [5.41, 5.74) is 6.23. The van der Waals surface area contributed by atoms with E-state index in [0.717, 1.165) is 19.3 Å². The maximum atomic E-state index is 12.1. The van der Waals surface area contributed by atoms with Crippen LogP contribution in [0.25, 0.3) is 0 Å². The van der Waals surface area contributed by atoms with Crippen molar-refractivity contribution < 1.29 is 9.72 Å². The highest BCUT2D eigenvalue weighted by molar-refractivity contribution is 5.94. The van der Waals surface area contributed by atoms with Crippen LogP contribution in [0, 0.1) is 10.1 Å². The van der Waals surface area contributed by atoms with E-state index in [-0.39, 0.29) is 17.3 Å². The number of amides is 1. The average molecular weight is 383 g/mol. The van der Waals surface area contributed by atoms with E-state index >= 15 is 0 Å². The van der Waals surface area contributed by atoms with E-state index in [2.05, 4.69) is 37.2 Å². The summed E-state index contributed by atoms with van der Waals surface area (Å²) in [6.45, 7) is 0.533. The number of aromatic nitrogens is 3. The molecule has 0 aliphatic heterocycles. The molecule has 2 aromatic heterocycles. The molecule has 3 N–H and O–H groups in total. The molecule has 3 rings (SSSR count). The molecular weight excluding hydrogens is 362 g/mol. The van der Waals surface area contributed by atoms with E-state index in [1.54, 1.807) is 18.3 Å². The Morgan fingerprint density at radius 2 is 2.11 bits per heavy atom. The Morgan fingerprint density at radius 1 is 1.25 bits per heavy atom. The number of nitro groups is 1. The van der Waals surface area contributed by atoms with Gasteiger partial charge in [0.2, 0.25) is 11.6 Å². The van der Waals surface area contributed by atoms with Gasteiger partial charge < -0.3 is 5.32 Å². The highest BCUT2D eigenvalue weighted by atomic mass is 16.6. The Balaban J connectivity index is 1.66. The summed E-state index contributed by atoms with van der Waals surface area (Å²) in [6.07, 6.45) is 11.7. The Labute approximate surface area is 161 Å². The normalized spacial score (nSPS) is 13.4. The number of nitrogens with zero attached hydrogens (tertiary/aromatic N) is 4. The third-order valence-corrected chi connectivity index (χ3v) is 4.35. The quantitative estimate of drug-likeness (QED) is 0.360. The number of hydrogen-bond acceptors (Lipinski definition) is 8. The second-order valence-electron chi connectivity index (χ2n) is 6.28. The summed E-state index contributed by atoms with van der Waals surface area (Å²) in [4.78, 5) is 34.8. The van der Waals surface area contributed by atoms with Gasteiger partial charge in [-0.25, -0.2) is 9.97 Å². The number of hydrogen-bond donors (Lipinski definition) is 3. The largest absolute Gasteiger partial charge is 0.364 e. The van der Waals surface area contributed by atoms with Crippen molar-refractivity contribution in [2.24, 2.45) is 0 Å². The van der Waals surface area contributed by atoms with Crippen LogP contribution in [0.2, 0.25) is 0 Å². The molecule has 0 bridgehead atoms. The fourth-order valence-electron chi connectivity index (χ4n) is 2.93. The lowest BCUT2D eigenvalue weighted by atomic mass is 9.97. The molecule has 0 saturated carbocycles. The molecule has 1 aliphatic carbocycles. The number of carbonyl (C=O) groups excluding carboxylic acids is 1. The molecule has 2 heterocycles. The van der Waals surface area contributed by atoms with E-state index in [9.17, 15) is 14.9 Å². The zero-order valence-corrected chi connectivity index (χ0v) is 15.2. The van der Waals surface area contributed by atoms with Crippen molar-refractivity contribution in [1.82, 2.24) is 20.4 Å². The van der Waals surface area contributed by atoms with Gasteiger partial charge in [0.25, 0.3) is 5.91 Å². The highest BCUT2D eigenvalue weighted by Crippen LogP contribution is 2.28. The Morgan fingerprint density at radius 3 is 2.82 bits per heavy atom. The molecule has 10 nitrogen and oxygen atoms in total. The number of allylic oxidation sites excluding steroid dienone is 1. The molecule has 0 atom stereocenters. The van der Waals surface area contributed by atoms with Gasteiger partial charge in [-0.2, -0.15) is 0 Å². The van der Waals surface area contributed by atoms with Gasteiger partial charge >= 0.3 is 5.69 Å². The van der Waals surface area contributed by atoms with Crippen LogP contribution in [0.3, 0.4) is 0 Å². The van der Waals surface area contributed by atoms with Crippen molar-refractivity contribution in [1.29, 1.82) is 0 Å². The van der Waals surface area contributed by atoms with Crippen molar-refractivity contribution >= 4 is 23.2 Å². The second-order valence-corrected chi connectivity index (χ2v) is 6.28. The summed E-state index contributed by atoms with van der Waals surface area (Å²) in [5.74, 6) is -0.481. The number of carbonyl (C=O) groups is 1. The molecule has 0 radical (unpaired) electrons. The van der Waals surface area contributed by atoms with Gasteiger partial charge in [-0.05, 0) is 44.2 Å². The van der Waals surface area contributed by atoms with Gasteiger partial charge in [0.1, 0.15) is 6.33 Å². The SMILES string of the molecule is O=C(NNc1ncnc(NCCC2=CCCCC2)c1[N+](=O)[O-])c1cccnc1. The summed E-state index contributed by atoms with van der Waals surface area (Å²) < 4.78 is 0. The van der Waals surface area contributed by atoms with Crippen molar-refractivity contribution in [3.8, 4) is 0 Å². The molecule has 146 valence electrons. The number of rotatable bonds is 8. The van der Waals surface area contributed by atoms with E-state index in [4.69, 9.17) is 0 Å². The maximum Gasteiger partial charge on any atom is 0.354 e. The number of pyridine rings is 1. The minimum atomic E-state index is -0.583. The lowest BCUT2D eigenvalue weighted by Gasteiger charge is -2.14. The molecule has 0 saturated heterocycles. The molecule has 0 fully saturated rings. The van der Waals surface area contributed by atoms with Crippen molar-refractivity contribution in [2.45, 2.75) is 32.1 Å². The van der Waals surface area contributed by atoms with E-state index in [0.29, 0.717) is 12.1 Å². The van der Waals surface area contributed by atoms with Crippen LogP contribution in [0.15, 0.2) is 42.5 Å². The van der Waals surface area contributed by atoms with Crippen LogP contribution in [-0.4, -0.2) is 32.3 Å². The fraction of sp³-hybridized carbons (Fsp3) is 0.333. The van der Waals surface area contributed by atoms with Gasteiger partial charge in [0.15, 0.2) is 0 Å². The fourth-order valence-corrected chi connectivity index (χ4v) is 2.93. The molecule has 0 spiro atoms. The molecule has 28 heavy (non-hydrogen) atoms. The first-order valence-electron chi connectivity index (χ1n) is 9.02. The van der Waals surface area contributed by atoms with E-state index in [1.807, 2.05) is 0 Å². The summed E-state index contributed by atoms with van der Waals surface area (Å²) in [5, 5.41) is 14.5. The predicted octanol–water partition coefficient (Wildman–Crippen LogP) is 2.84. The minimum Gasteiger partial charge on any atom is -0.364 e. The lowest BCUT2D eigenvalue weighted by Crippen LogP contribution is -2.30. The first-order chi connectivity index (χ1) is 13.6. The summed E-state index contributed by atoms with van der Waals surface area (Å²) >= 11 is 0. The van der Waals surface area contributed by atoms with E-state index in [1.165, 1.54) is 30.9 Å². The molecule has 2 aromatic rings. The van der Waals surface area contributed by atoms with Crippen molar-refractivity contribution in [2.75, 3.05) is 17.3 Å². The van der Waals surface area contributed by atoms with Crippen molar-refractivity contribution in [3.05, 3.63) is 58.2 Å². The maximum absolute atomic E-state index is 12.1. The second kappa shape index (κ2) is 9.40. The molecule has 1 aliphatic rings. The number of hydrazine groups is 1. The molecule has 0 aromatic carbocycles. The monoisotopic (exact) mass is 383 g/mol. The van der Waals surface area contributed by atoms with Gasteiger partial charge in [-0.1, -0.05) is 11.6 Å². The van der Waals surface area contributed by atoms with Crippen LogP contribution in [0.5, 0.6) is 0 Å². The smallest absolute Gasteiger partial charge is 0.354 e. The minimum absolute atomic E-state index is 0.100. The van der Waals surface area contributed by atoms with Crippen LogP contribution in [0.4, 0.5) is 17.3 Å². The standard InChI is InChI=1S/C18H21N7O3/c26-18(14-7-4-9-19-11-14)24-23-17-15(25(27)28)16(21-12-22-17)20-10-8-13-5-2-1-3-6-13/h4-5,7,9,11-12H,1-3,6,8,10H2,(H,24,26)(H2,20,21,22,23). The molecular formula is C18H21N7O3. The molecule has 10 heteroatoms. The molecule has 0 unspecified atom stereocenters. The Bertz CT molecular complexity index is 871. The number of nitrogens with one attached hydrogen (secondary N) is 3. The van der Waals surface area contributed by atoms with Gasteiger partial charge in [-0.15, -0.1) is 0 Å². The summed E-state index contributed by atoms with van der Waals surface area (Å²) in [7, 11) is 0. The lowest BCUT2D eigenvalue weighted by molar-refractivity contribution is -0.383. The zero-order valence-electron chi connectivity index (χ0n) is 15.2. The van der Waals surface area contributed by atoms with Crippen LogP contribution < -0.4 is 16.2 Å².